The number of carbonyl (C=O) groups is 4. The summed E-state index contributed by atoms with van der Waals surface area (Å²) < 4.78 is 4.77. The van der Waals surface area contributed by atoms with Crippen LogP contribution in [0.25, 0.3) is 10.8 Å². The molecule has 25 heavy (non-hydrogen) atoms. The van der Waals surface area contributed by atoms with Crippen LogP contribution in [0.15, 0.2) is 36.4 Å². The maximum absolute atomic E-state index is 12.6. The van der Waals surface area contributed by atoms with Gasteiger partial charge in [-0.25, -0.2) is 0 Å². The Morgan fingerprint density at radius 2 is 1.60 bits per heavy atom. The average molecular weight is 339 g/mol. The van der Waals surface area contributed by atoms with Crippen molar-refractivity contribution < 1.29 is 23.9 Å². The van der Waals surface area contributed by atoms with Crippen molar-refractivity contribution in [3.63, 3.8) is 0 Å². The van der Waals surface area contributed by atoms with Gasteiger partial charge in [-0.1, -0.05) is 24.3 Å². The molecule has 0 aromatic heterocycles. The van der Waals surface area contributed by atoms with Gasteiger partial charge in [0.1, 0.15) is 6.61 Å². The molecule has 0 bridgehead atoms. The van der Waals surface area contributed by atoms with E-state index in [1.165, 1.54) is 6.92 Å². The van der Waals surface area contributed by atoms with Gasteiger partial charge in [-0.2, -0.15) is 0 Å². The maximum Gasteiger partial charge on any atom is 0.306 e. The van der Waals surface area contributed by atoms with E-state index in [-0.39, 0.29) is 43.6 Å². The summed E-state index contributed by atoms with van der Waals surface area (Å²) in [6.45, 7) is 1.20. The summed E-state index contributed by atoms with van der Waals surface area (Å²) in [5, 5.41) is 1.53. The number of imide groups is 1. The van der Waals surface area contributed by atoms with E-state index in [1.54, 1.807) is 24.3 Å². The Balaban J connectivity index is 1.72. The zero-order chi connectivity index (χ0) is 18.0. The number of Topliss-reactive ketones (excluding diaryl/α,β-unsaturated/α-hetero) is 1. The largest absolute Gasteiger partial charge is 0.458 e. The zero-order valence-corrected chi connectivity index (χ0v) is 13.8. The van der Waals surface area contributed by atoms with Crippen LogP contribution >= 0.6 is 0 Å². The van der Waals surface area contributed by atoms with Crippen molar-refractivity contribution in [3.05, 3.63) is 47.5 Å². The molecule has 0 fully saturated rings. The fraction of sp³-hybridized carbons (Fsp3) is 0.263. The summed E-state index contributed by atoms with van der Waals surface area (Å²) in [5.41, 5.74) is 0.985. The number of rotatable bonds is 6. The van der Waals surface area contributed by atoms with Crippen LogP contribution in [-0.4, -0.2) is 41.6 Å². The summed E-state index contributed by atoms with van der Waals surface area (Å²) in [4.78, 5) is 48.8. The highest BCUT2D eigenvalue weighted by Crippen LogP contribution is 2.29. The molecule has 2 amide bonds. The number of amides is 2. The Kier molecular flexibility index (Phi) is 4.61. The minimum Gasteiger partial charge on any atom is -0.458 e. The monoisotopic (exact) mass is 339 g/mol. The maximum atomic E-state index is 12.6. The molecule has 0 aliphatic carbocycles. The van der Waals surface area contributed by atoms with Crippen LogP contribution < -0.4 is 0 Å². The number of carbonyl (C=O) groups excluding carboxylic acids is 4. The number of esters is 1. The lowest BCUT2D eigenvalue weighted by molar-refractivity contribution is -0.147. The van der Waals surface area contributed by atoms with E-state index in [4.69, 9.17) is 4.74 Å². The molecule has 128 valence electrons. The highest BCUT2D eigenvalue weighted by atomic mass is 16.5. The molecule has 6 nitrogen and oxygen atoms in total. The van der Waals surface area contributed by atoms with Crippen LogP contribution in [0.5, 0.6) is 0 Å². The average Bonchev–Trinajstić information content (AvgIpc) is 2.60. The van der Waals surface area contributed by atoms with Crippen molar-refractivity contribution in [2.24, 2.45) is 0 Å². The van der Waals surface area contributed by atoms with Gasteiger partial charge in [0.2, 0.25) is 0 Å². The quantitative estimate of drug-likeness (QED) is 0.596. The van der Waals surface area contributed by atoms with Crippen molar-refractivity contribution in [2.45, 2.75) is 19.8 Å². The molecule has 0 radical (unpaired) electrons. The van der Waals surface area contributed by atoms with E-state index in [0.717, 1.165) is 10.3 Å². The molecule has 0 unspecified atom stereocenters. The highest BCUT2D eigenvalue weighted by Gasteiger charge is 2.32. The number of ketones is 1. The predicted molar refractivity (Wildman–Crippen MR) is 90.2 cm³/mol. The van der Waals surface area contributed by atoms with Gasteiger partial charge >= 0.3 is 5.97 Å². The van der Waals surface area contributed by atoms with E-state index in [2.05, 4.69) is 0 Å². The van der Waals surface area contributed by atoms with E-state index >= 15 is 0 Å². The normalized spacial score (nSPS) is 13.2. The first kappa shape index (κ1) is 16.8. The highest BCUT2D eigenvalue weighted by molar-refractivity contribution is 6.25. The van der Waals surface area contributed by atoms with Crippen LogP contribution in [0.2, 0.25) is 0 Å². The Morgan fingerprint density at radius 3 is 2.16 bits per heavy atom. The van der Waals surface area contributed by atoms with Crippen molar-refractivity contribution >= 4 is 34.3 Å². The smallest absolute Gasteiger partial charge is 0.306 e. The third-order valence-electron chi connectivity index (χ3n) is 4.05. The van der Waals surface area contributed by atoms with Crippen molar-refractivity contribution in [3.8, 4) is 0 Å². The molecule has 1 heterocycles. The fourth-order valence-corrected chi connectivity index (χ4v) is 2.92. The second-order valence-corrected chi connectivity index (χ2v) is 5.94. The lowest BCUT2D eigenvalue weighted by Crippen LogP contribution is -2.41. The second kappa shape index (κ2) is 6.84. The molecule has 1 aliphatic heterocycles. The van der Waals surface area contributed by atoms with Crippen LogP contribution in [-0.2, 0) is 14.3 Å². The number of hydrogen-bond acceptors (Lipinski definition) is 5. The van der Waals surface area contributed by atoms with Crippen LogP contribution in [0.3, 0.4) is 0 Å². The standard InChI is InChI=1S/C19H17NO5/c1-12(21)11-25-16(22)9-4-10-20-18(23)14-7-2-5-13-6-3-8-15(17(13)14)19(20)24/h2-3,5-8H,4,9-11H2,1H3. The second-order valence-electron chi connectivity index (χ2n) is 5.94. The molecule has 0 N–H and O–H groups in total. The third-order valence-corrected chi connectivity index (χ3v) is 4.05. The number of nitrogens with zero attached hydrogens (tertiary/aromatic N) is 1. The Bertz CT molecular complexity index is 836. The first-order valence-corrected chi connectivity index (χ1v) is 8.02. The molecule has 2 aromatic rings. The Hall–Kier alpha value is -3.02. The van der Waals surface area contributed by atoms with Crippen LogP contribution in [0, 0.1) is 0 Å². The van der Waals surface area contributed by atoms with E-state index < -0.39 is 5.97 Å². The molecule has 0 spiro atoms. The Morgan fingerprint density at radius 1 is 1.00 bits per heavy atom. The summed E-state index contributed by atoms with van der Waals surface area (Å²) >= 11 is 0. The van der Waals surface area contributed by atoms with Gasteiger partial charge in [0, 0.05) is 29.5 Å². The topological polar surface area (TPSA) is 80.8 Å². The lowest BCUT2D eigenvalue weighted by atomic mass is 9.94. The van der Waals surface area contributed by atoms with Gasteiger partial charge in [-0.05, 0) is 30.9 Å². The van der Waals surface area contributed by atoms with E-state index in [1.807, 2.05) is 12.1 Å². The summed E-state index contributed by atoms with van der Waals surface area (Å²) in [6.07, 6.45) is 0.322. The number of ether oxygens (including phenoxy) is 1. The first-order chi connectivity index (χ1) is 12.0. The molecule has 0 saturated carbocycles. The van der Waals surface area contributed by atoms with Crippen LogP contribution in [0.4, 0.5) is 0 Å². The predicted octanol–water partition coefficient (Wildman–Crippen LogP) is 2.35. The lowest BCUT2D eigenvalue weighted by Gasteiger charge is -2.27. The zero-order valence-electron chi connectivity index (χ0n) is 13.8. The van der Waals surface area contributed by atoms with E-state index in [9.17, 15) is 19.2 Å². The minimum absolute atomic E-state index is 0.0379. The summed E-state index contributed by atoms with van der Waals surface area (Å²) in [7, 11) is 0. The third kappa shape index (κ3) is 3.28. The fourth-order valence-electron chi connectivity index (χ4n) is 2.92. The van der Waals surface area contributed by atoms with Gasteiger partial charge in [0.25, 0.3) is 11.8 Å². The Labute approximate surface area is 144 Å². The molecule has 6 heteroatoms. The SMILES string of the molecule is CC(=O)COC(=O)CCCN1C(=O)c2cccc3cccc(c23)C1=O. The van der Waals surface area contributed by atoms with E-state index in [0.29, 0.717) is 16.5 Å². The van der Waals surface area contributed by atoms with Crippen molar-refractivity contribution in [1.82, 2.24) is 4.90 Å². The first-order valence-electron chi connectivity index (χ1n) is 8.02. The molecule has 0 atom stereocenters. The number of benzene rings is 2. The van der Waals surface area contributed by atoms with Crippen molar-refractivity contribution in [1.29, 1.82) is 0 Å². The molecule has 2 aromatic carbocycles. The van der Waals surface area contributed by atoms with Gasteiger partial charge in [-0.3, -0.25) is 24.1 Å². The summed E-state index contributed by atoms with van der Waals surface area (Å²) in [5.74, 6) is -1.47. The van der Waals surface area contributed by atoms with Gasteiger partial charge in [-0.15, -0.1) is 0 Å². The molecule has 1 aliphatic rings. The van der Waals surface area contributed by atoms with Gasteiger partial charge in [0.15, 0.2) is 5.78 Å². The molecule has 3 rings (SSSR count). The summed E-state index contributed by atoms with van der Waals surface area (Å²) in [6, 6.07) is 10.7. The minimum atomic E-state index is -0.519. The number of hydrogen-bond donors (Lipinski definition) is 0. The molecule has 0 saturated heterocycles. The molecular weight excluding hydrogens is 322 g/mol. The van der Waals surface area contributed by atoms with Crippen molar-refractivity contribution in [2.75, 3.05) is 13.2 Å². The van der Waals surface area contributed by atoms with Gasteiger partial charge < -0.3 is 4.74 Å². The van der Waals surface area contributed by atoms with Gasteiger partial charge in [0.05, 0.1) is 0 Å². The van der Waals surface area contributed by atoms with Crippen LogP contribution in [0.1, 0.15) is 40.5 Å². The molecular formula is C19H17NO5.